The van der Waals surface area contributed by atoms with E-state index in [0.717, 1.165) is 16.5 Å². The van der Waals surface area contributed by atoms with Gasteiger partial charge in [-0.1, -0.05) is 6.07 Å². The van der Waals surface area contributed by atoms with E-state index in [1.165, 1.54) is 0 Å². The number of nitrogens with one attached hydrogen (secondary N) is 1. The Bertz CT molecular complexity index is 620. The van der Waals surface area contributed by atoms with Crippen LogP contribution in [-0.4, -0.2) is 34.7 Å². The maximum Gasteiger partial charge on any atom is 0.227 e. The monoisotopic (exact) mass is 256 g/mol. The largest absolute Gasteiger partial charge is 0.361 e. The molecule has 1 aromatic carbocycles. The zero-order valence-electron chi connectivity index (χ0n) is 10.7. The van der Waals surface area contributed by atoms with Gasteiger partial charge < -0.3 is 9.88 Å². The first-order chi connectivity index (χ1) is 9.22. The normalized spacial score (nSPS) is 16.0. The summed E-state index contributed by atoms with van der Waals surface area (Å²) in [7, 11) is 0. The fourth-order valence-electron chi connectivity index (χ4n) is 2.50. The number of carbonyl (C=O) groups excluding carboxylic acids is 2. The van der Waals surface area contributed by atoms with Crippen molar-refractivity contribution in [1.82, 2.24) is 9.88 Å². The molecule has 4 heteroatoms. The highest BCUT2D eigenvalue weighted by Crippen LogP contribution is 2.16. The first kappa shape index (κ1) is 12.0. The van der Waals surface area contributed by atoms with Gasteiger partial charge >= 0.3 is 0 Å². The Hall–Kier alpha value is -2.10. The summed E-state index contributed by atoms with van der Waals surface area (Å²) in [6, 6.07) is 8.02. The average Bonchev–Trinajstić information content (AvgIpc) is 2.87. The molecule has 0 bridgehead atoms. The number of fused-ring (bicyclic) bond motifs is 1. The molecule has 1 saturated heterocycles. The molecular weight excluding hydrogens is 240 g/mol. The summed E-state index contributed by atoms with van der Waals surface area (Å²) in [6.07, 6.45) is 3.31. The van der Waals surface area contributed by atoms with Crippen LogP contribution in [0.3, 0.4) is 0 Å². The second-order valence-corrected chi connectivity index (χ2v) is 5.00. The van der Waals surface area contributed by atoms with Crippen LogP contribution in [0.15, 0.2) is 30.5 Å². The minimum atomic E-state index is 0.113. The Morgan fingerprint density at radius 2 is 2.00 bits per heavy atom. The Labute approximate surface area is 111 Å². The molecule has 0 spiro atoms. The van der Waals surface area contributed by atoms with Gasteiger partial charge in [0.15, 0.2) is 0 Å². The number of aromatic nitrogens is 1. The molecule has 0 atom stereocenters. The number of likely N-dealkylation sites (tertiary alicyclic amines) is 1. The van der Waals surface area contributed by atoms with Crippen molar-refractivity contribution < 1.29 is 9.59 Å². The van der Waals surface area contributed by atoms with Gasteiger partial charge in [-0.25, -0.2) is 0 Å². The van der Waals surface area contributed by atoms with E-state index in [0.29, 0.717) is 32.4 Å². The lowest BCUT2D eigenvalue weighted by atomic mass is 10.1. The fourth-order valence-corrected chi connectivity index (χ4v) is 2.50. The topological polar surface area (TPSA) is 53.2 Å². The van der Waals surface area contributed by atoms with Crippen LogP contribution in [-0.2, 0) is 16.0 Å². The van der Waals surface area contributed by atoms with Crippen molar-refractivity contribution >= 4 is 22.6 Å². The highest BCUT2D eigenvalue weighted by Gasteiger charge is 2.20. The third-order valence-electron chi connectivity index (χ3n) is 3.65. The number of nitrogens with zero attached hydrogens (tertiary/aromatic N) is 1. The molecule has 0 unspecified atom stereocenters. The summed E-state index contributed by atoms with van der Waals surface area (Å²) in [5.41, 5.74) is 2.11. The Morgan fingerprint density at radius 3 is 2.79 bits per heavy atom. The number of H-pyrrole nitrogens is 1. The summed E-state index contributed by atoms with van der Waals surface area (Å²) in [6.45, 7) is 1.15. The van der Waals surface area contributed by atoms with Crippen molar-refractivity contribution in [2.75, 3.05) is 13.1 Å². The molecule has 0 radical (unpaired) electrons. The van der Waals surface area contributed by atoms with E-state index in [4.69, 9.17) is 0 Å². The van der Waals surface area contributed by atoms with Gasteiger partial charge in [-0.15, -0.1) is 0 Å². The van der Waals surface area contributed by atoms with Crippen LogP contribution < -0.4 is 0 Å². The number of Topliss-reactive ketones (excluding diaryl/α,β-unsaturated/α-hetero) is 1. The van der Waals surface area contributed by atoms with Crippen LogP contribution in [0.5, 0.6) is 0 Å². The first-order valence-electron chi connectivity index (χ1n) is 6.58. The number of amides is 1. The van der Waals surface area contributed by atoms with Crippen molar-refractivity contribution in [3.05, 3.63) is 36.0 Å². The molecule has 2 heterocycles. The number of benzene rings is 1. The van der Waals surface area contributed by atoms with E-state index in [-0.39, 0.29) is 11.7 Å². The zero-order chi connectivity index (χ0) is 13.2. The summed E-state index contributed by atoms with van der Waals surface area (Å²) >= 11 is 0. The van der Waals surface area contributed by atoms with Crippen LogP contribution >= 0.6 is 0 Å². The quantitative estimate of drug-likeness (QED) is 0.892. The van der Waals surface area contributed by atoms with Crippen LogP contribution in [0.4, 0.5) is 0 Å². The molecule has 0 saturated carbocycles. The molecule has 4 nitrogen and oxygen atoms in total. The molecular formula is C15H16N2O2. The van der Waals surface area contributed by atoms with E-state index in [9.17, 15) is 9.59 Å². The van der Waals surface area contributed by atoms with E-state index in [1.807, 2.05) is 30.5 Å². The van der Waals surface area contributed by atoms with Crippen LogP contribution in [0, 0.1) is 0 Å². The van der Waals surface area contributed by atoms with Gasteiger partial charge in [0.05, 0.1) is 6.42 Å². The number of hydrogen-bond donors (Lipinski definition) is 1. The number of hydrogen-bond acceptors (Lipinski definition) is 2. The molecule has 2 aromatic rings. The van der Waals surface area contributed by atoms with E-state index in [2.05, 4.69) is 4.98 Å². The van der Waals surface area contributed by atoms with Crippen molar-refractivity contribution in [1.29, 1.82) is 0 Å². The molecule has 1 aromatic heterocycles. The van der Waals surface area contributed by atoms with Gasteiger partial charge in [-0.3, -0.25) is 9.59 Å². The Kier molecular flexibility index (Phi) is 3.07. The third-order valence-corrected chi connectivity index (χ3v) is 3.65. The van der Waals surface area contributed by atoms with Crippen molar-refractivity contribution in [2.45, 2.75) is 19.3 Å². The van der Waals surface area contributed by atoms with E-state index in [1.54, 1.807) is 4.90 Å². The number of carbonyl (C=O) groups is 2. The van der Waals surface area contributed by atoms with Gasteiger partial charge in [0.25, 0.3) is 0 Å². The minimum absolute atomic E-state index is 0.113. The fraction of sp³-hybridized carbons (Fsp3) is 0.333. The molecule has 98 valence electrons. The molecule has 3 rings (SSSR count). The lowest BCUT2D eigenvalue weighted by Crippen LogP contribution is -2.39. The van der Waals surface area contributed by atoms with Crippen molar-refractivity contribution in [3.63, 3.8) is 0 Å². The minimum Gasteiger partial charge on any atom is -0.361 e. The van der Waals surface area contributed by atoms with Crippen molar-refractivity contribution in [3.8, 4) is 0 Å². The summed E-state index contributed by atoms with van der Waals surface area (Å²) in [5, 5.41) is 1.12. The van der Waals surface area contributed by atoms with Crippen LogP contribution in [0.25, 0.3) is 10.9 Å². The van der Waals surface area contributed by atoms with E-state index >= 15 is 0 Å². The lowest BCUT2D eigenvalue weighted by Gasteiger charge is -2.26. The van der Waals surface area contributed by atoms with Gasteiger partial charge in [0.1, 0.15) is 5.78 Å². The number of aromatic amines is 1. The predicted molar refractivity (Wildman–Crippen MR) is 72.8 cm³/mol. The number of rotatable bonds is 2. The molecule has 1 N–H and O–H groups in total. The second-order valence-electron chi connectivity index (χ2n) is 5.00. The Morgan fingerprint density at radius 1 is 1.21 bits per heavy atom. The van der Waals surface area contributed by atoms with Gasteiger partial charge in [-0.05, 0) is 29.1 Å². The van der Waals surface area contributed by atoms with Crippen LogP contribution in [0.1, 0.15) is 18.4 Å². The second kappa shape index (κ2) is 4.88. The maximum absolute atomic E-state index is 12.2. The molecule has 1 aliphatic heterocycles. The smallest absolute Gasteiger partial charge is 0.227 e. The standard InChI is InChI=1S/C15H16N2O2/c18-13-4-7-17(8-5-13)15(19)10-11-1-2-14-12(9-11)3-6-16-14/h1-3,6,9,16H,4-5,7-8,10H2. The zero-order valence-corrected chi connectivity index (χ0v) is 10.7. The van der Waals surface area contributed by atoms with Crippen LogP contribution in [0.2, 0.25) is 0 Å². The highest BCUT2D eigenvalue weighted by molar-refractivity contribution is 5.86. The van der Waals surface area contributed by atoms with Gasteiger partial charge in [0, 0.05) is 37.6 Å². The molecule has 1 aliphatic rings. The van der Waals surface area contributed by atoms with Gasteiger partial charge in [-0.2, -0.15) is 0 Å². The maximum atomic E-state index is 12.2. The average molecular weight is 256 g/mol. The number of ketones is 1. The predicted octanol–water partition coefficient (Wildman–Crippen LogP) is 1.90. The molecule has 1 amide bonds. The lowest BCUT2D eigenvalue weighted by molar-refractivity contribution is -0.133. The molecule has 19 heavy (non-hydrogen) atoms. The van der Waals surface area contributed by atoms with Gasteiger partial charge in [0.2, 0.25) is 5.91 Å². The van der Waals surface area contributed by atoms with Crippen molar-refractivity contribution in [2.24, 2.45) is 0 Å². The summed E-state index contributed by atoms with van der Waals surface area (Å²) < 4.78 is 0. The molecule has 1 fully saturated rings. The highest BCUT2D eigenvalue weighted by atomic mass is 16.2. The first-order valence-corrected chi connectivity index (χ1v) is 6.58. The summed E-state index contributed by atoms with van der Waals surface area (Å²) in [5.74, 6) is 0.375. The van der Waals surface area contributed by atoms with E-state index < -0.39 is 0 Å². The molecule has 0 aliphatic carbocycles. The summed E-state index contributed by atoms with van der Waals surface area (Å²) in [4.78, 5) is 28.3. The third kappa shape index (κ3) is 2.52. The Balaban J connectivity index is 1.70. The SMILES string of the molecule is O=C1CCN(C(=O)Cc2ccc3[nH]ccc3c2)CC1. The number of piperidine rings is 1.